The maximum atomic E-state index is 12.2. The minimum atomic E-state index is -1.54. The molecule has 0 fully saturated rings. The average Bonchev–Trinajstić information content (AvgIpc) is 3.51. The van der Waals surface area contributed by atoms with Gasteiger partial charge in [-0.25, -0.2) is 24.0 Å². The quantitative estimate of drug-likeness (QED) is 0.268. The largest absolute Gasteiger partial charge is 0.519 e. The molecule has 0 unspecified atom stereocenters. The van der Waals surface area contributed by atoms with Gasteiger partial charge < -0.3 is 37.6 Å². The summed E-state index contributed by atoms with van der Waals surface area (Å²) in [6, 6.07) is 15.4. The number of hydrogen-bond donors (Lipinski definition) is 2. The van der Waals surface area contributed by atoms with Crippen LogP contribution in [0.15, 0.2) is 87.9 Å². The molecule has 202 valence electrons. The fourth-order valence-corrected chi connectivity index (χ4v) is 3.90. The van der Waals surface area contributed by atoms with Crippen molar-refractivity contribution in [2.24, 2.45) is 0 Å². The Labute approximate surface area is 222 Å². The van der Waals surface area contributed by atoms with E-state index in [2.05, 4.69) is 5.32 Å². The third-order valence-corrected chi connectivity index (χ3v) is 5.83. The van der Waals surface area contributed by atoms with Gasteiger partial charge in [-0.15, -0.1) is 0 Å². The second kappa shape index (κ2) is 12.5. The summed E-state index contributed by atoms with van der Waals surface area (Å²) in [5.74, 6) is -3.80. The highest BCUT2D eigenvalue weighted by atomic mass is 32.2. The maximum absolute atomic E-state index is 12.2. The minimum Gasteiger partial charge on any atom is -0.480 e. The van der Waals surface area contributed by atoms with Crippen LogP contribution < -0.4 is 17.0 Å². The van der Waals surface area contributed by atoms with Gasteiger partial charge in [-0.05, 0) is 11.8 Å². The Kier molecular flexibility index (Phi) is 8.68. The van der Waals surface area contributed by atoms with Crippen molar-refractivity contribution in [3.8, 4) is 22.6 Å². The van der Waals surface area contributed by atoms with E-state index in [9.17, 15) is 29.1 Å². The van der Waals surface area contributed by atoms with Crippen LogP contribution in [0.1, 0.15) is 11.5 Å². The number of thioether (sulfide) groups is 1. The van der Waals surface area contributed by atoms with Gasteiger partial charge in [0.2, 0.25) is 0 Å². The molecular weight excluding hydrogens is 538 g/mol. The van der Waals surface area contributed by atoms with Crippen LogP contribution in [-0.4, -0.2) is 34.3 Å². The first-order chi connectivity index (χ1) is 18.8. The zero-order valence-corrected chi connectivity index (χ0v) is 20.6. The van der Waals surface area contributed by atoms with E-state index in [0.29, 0.717) is 22.9 Å². The molecule has 0 spiro atoms. The number of nitrogens with one attached hydrogen (secondary N) is 1. The average molecular weight is 557 g/mol. The number of carbonyl (C=O) groups is 3. The molecule has 0 saturated carbocycles. The molecule has 0 aliphatic rings. The molecule has 39 heavy (non-hydrogen) atoms. The van der Waals surface area contributed by atoms with E-state index in [4.69, 9.17) is 27.1 Å². The highest BCUT2D eigenvalue weighted by molar-refractivity contribution is 8.13. The third-order valence-electron chi connectivity index (χ3n) is 4.98. The summed E-state index contributed by atoms with van der Waals surface area (Å²) < 4.78 is 29.8. The topological polar surface area (TPSA) is 189 Å². The van der Waals surface area contributed by atoms with E-state index in [1.54, 1.807) is 60.7 Å². The minimum absolute atomic E-state index is 0.0302. The summed E-state index contributed by atoms with van der Waals surface area (Å²) >= 11 is 0.463. The van der Waals surface area contributed by atoms with Crippen molar-refractivity contribution in [1.82, 2.24) is 5.32 Å². The van der Waals surface area contributed by atoms with Crippen molar-refractivity contribution in [2.75, 3.05) is 5.75 Å². The molecule has 2 N–H and O–H groups in total. The zero-order chi connectivity index (χ0) is 27.8. The van der Waals surface area contributed by atoms with E-state index >= 15 is 0 Å². The predicted octanol–water partition coefficient (Wildman–Crippen LogP) is 3.86. The van der Waals surface area contributed by atoms with Crippen LogP contribution in [0.4, 0.5) is 9.59 Å². The molecule has 0 saturated heterocycles. The monoisotopic (exact) mass is 557 g/mol. The Morgan fingerprint density at radius 3 is 1.74 bits per heavy atom. The van der Waals surface area contributed by atoms with Gasteiger partial charge in [-0.2, -0.15) is 0 Å². The van der Waals surface area contributed by atoms with Crippen molar-refractivity contribution in [2.45, 2.75) is 19.3 Å². The van der Waals surface area contributed by atoms with Gasteiger partial charge in [0.05, 0.1) is 0 Å². The third kappa shape index (κ3) is 7.29. The summed E-state index contributed by atoms with van der Waals surface area (Å²) in [5.41, 5.74) is 1.03. The van der Waals surface area contributed by atoms with E-state index < -0.39 is 54.0 Å². The summed E-state index contributed by atoms with van der Waals surface area (Å²) in [6.07, 6.45) is -1.15. The number of ether oxygens (including phenoxy) is 2. The number of amides is 1. The van der Waals surface area contributed by atoms with Gasteiger partial charge in [0.15, 0.2) is 36.3 Å². The number of carboxylic acid groups (broad SMARTS) is 1. The Balaban J connectivity index is 1.28. The molecule has 2 aromatic heterocycles. The van der Waals surface area contributed by atoms with Crippen molar-refractivity contribution < 1.29 is 46.6 Å². The first kappa shape index (κ1) is 27.1. The normalized spacial score (nSPS) is 11.5. The van der Waals surface area contributed by atoms with Gasteiger partial charge in [0.25, 0.3) is 0 Å². The van der Waals surface area contributed by atoms with Crippen molar-refractivity contribution >= 4 is 29.1 Å². The standard InChI is InChI=1S/C25H19NO12S/c27-21(28)16(26-22(29)33-11-17-19(37-23(30)35-17)14-7-3-1-4-8-14)13-39-25(32)34-12-18-20(38-24(31)36-18)15-9-5-2-6-10-15/h1-10,16H,11-13H2,(H,26,29)(H,27,28)/t16-/m0/s1. The maximum Gasteiger partial charge on any atom is 0.519 e. The number of aliphatic carboxylic acids is 1. The molecule has 0 aliphatic carbocycles. The van der Waals surface area contributed by atoms with Crippen LogP contribution in [0.2, 0.25) is 0 Å². The summed E-state index contributed by atoms with van der Waals surface area (Å²) in [6.45, 7) is -0.975. The van der Waals surface area contributed by atoms with Crippen molar-refractivity contribution in [3.63, 3.8) is 0 Å². The van der Waals surface area contributed by atoms with Gasteiger partial charge in [-0.3, -0.25) is 0 Å². The molecule has 4 aromatic rings. The smallest absolute Gasteiger partial charge is 0.480 e. The number of hydrogen-bond acceptors (Lipinski definition) is 12. The molecule has 0 aliphatic heterocycles. The van der Waals surface area contributed by atoms with Crippen LogP contribution in [0.25, 0.3) is 22.6 Å². The summed E-state index contributed by atoms with van der Waals surface area (Å²) in [7, 11) is 0. The molecule has 2 heterocycles. The summed E-state index contributed by atoms with van der Waals surface area (Å²) in [5, 5.41) is 10.6. The van der Waals surface area contributed by atoms with Crippen LogP contribution in [0.3, 0.4) is 0 Å². The second-order valence-electron chi connectivity index (χ2n) is 7.61. The second-order valence-corrected chi connectivity index (χ2v) is 8.56. The molecule has 1 atom stereocenters. The van der Waals surface area contributed by atoms with Crippen molar-refractivity contribution in [3.05, 3.63) is 93.4 Å². The lowest BCUT2D eigenvalue weighted by molar-refractivity contribution is -0.138. The molecule has 0 radical (unpaired) electrons. The lowest BCUT2D eigenvalue weighted by atomic mass is 10.1. The van der Waals surface area contributed by atoms with Gasteiger partial charge in [0, 0.05) is 16.9 Å². The SMILES string of the molecule is O=C(N[C@@H](CSC(=O)OCc1oc(=O)oc1-c1ccccc1)C(=O)O)OCc1oc(=O)oc1-c1ccccc1. The number of carboxylic acids is 1. The zero-order valence-electron chi connectivity index (χ0n) is 19.8. The number of alkyl carbamates (subject to hydrolysis) is 1. The van der Waals surface area contributed by atoms with Crippen LogP contribution in [0, 0.1) is 0 Å². The summed E-state index contributed by atoms with van der Waals surface area (Å²) in [4.78, 5) is 59.0. The molecule has 14 heteroatoms. The number of carbonyl (C=O) groups excluding carboxylic acids is 2. The molecule has 13 nitrogen and oxygen atoms in total. The lowest BCUT2D eigenvalue weighted by Gasteiger charge is -2.13. The van der Waals surface area contributed by atoms with Crippen molar-refractivity contribution in [1.29, 1.82) is 0 Å². The first-order valence-corrected chi connectivity index (χ1v) is 12.1. The molecule has 0 bridgehead atoms. The Bertz CT molecular complexity index is 1550. The number of benzene rings is 2. The Hall–Kier alpha value is -4.98. The van der Waals surface area contributed by atoms with E-state index in [0.717, 1.165) is 0 Å². The fraction of sp³-hybridized carbons (Fsp3) is 0.160. The molecule has 2 aromatic carbocycles. The van der Waals surface area contributed by atoms with E-state index in [1.165, 1.54) is 0 Å². The molecule has 4 rings (SSSR count). The highest BCUT2D eigenvalue weighted by Gasteiger charge is 2.25. The van der Waals surface area contributed by atoms with Crippen LogP contribution >= 0.6 is 11.8 Å². The highest BCUT2D eigenvalue weighted by Crippen LogP contribution is 2.25. The number of rotatable bonds is 10. The molecular formula is C25H19NO12S. The Morgan fingerprint density at radius 2 is 1.26 bits per heavy atom. The fourth-order valence-electron chi connectivity index (χ4n) is 3.23. The van der Waals surface area contributed by atoms with Gasteiger partial charge in [0.1, 0.15) is 6.04 Å². The van der Waals surface area contributed by atoms with E-state index in [1.807, 2.05) is 0 Å². The first-order valence-electron chi connectivity index (χ1n) is 11.1. The molecule has 1 amide bonds. The van der Waals surface area contributed by atoms with Crippen LogP contribution in [-0.2, 0) is 27.5 Å². The van der Waals surface area contributed by atoms with Crippen LogP contribution in [0.5, 0.6) is 0 Å². The lowest BCUT2D eigenvalue weighted by Crippen LogP contribution is -2.43. The predicted molar refractivity (Wildman–Crippen MR) is 133 cm³/mol. The van der Waals surface area contributed by atoms with Gasteiger partial charge in [-0.1, -0.05) is 60.7 Å². The Morgan fingerprint density at radius 1 is 0.769 bits per heavy atom. The van der Waals surface area contributed by atoms with E-state index in [-0.39, 0.29) is 23.0 Å². The van der Waals surface area contributed by atoms with Gasteiger partial charge >= 0.3 is 29.0 Å².